The molecule has 1 heterocycles. The van der Waals surface area contributed by atoms with Crippen LogP contribution in [0.5, 0.6) is 17.2 Å². The zero-order chi connectivity index (χ0) is 17.7. The number of para-hydroxylation sites is 1. The number of rotatable bonds is 4. The van der Waals surface area contributed by atoms with E-state index < -0.39 is 17.5 Å². The van der Waals surface area contributed by atoms with Gasteiger partial charge in [-0.15, -0.1) is 0 Å². The molecule has 0 fully saturated rings. The molecular weight excluding hydrogens is 318 g/mol. The van der Waals surface area contributed by atoms with Crippen molar-refractivity contribution in [3.05, 3.63) is 53.6 Å². The van der Waals surface area contributed by atoms with E-state index in [1.807, 2.05) is 63.4 Å². The number of fused-ring (bicyclic) bond motifs is 2. The Morgan fingerprint density at radius 3 is 2.76 bits per heavy atom. The fourth-order valence-electron chi connectivity index (χ4n) is 3.73. The van der Waals surface area contributed by atoms with Crippen molar-refractivity contribution >= 4 is 0 Å². The molecule has 0 saturated heterocycles. The second-order valence-electron chi connectivity index (χ2n) is 7.19. The molecule has 2 N–H and O–H groups in total. The standard InChI is InChI=1S/C20H23NO4/c1-19(2)24-16-10-6-9-15(17(16)25-19)23-18-14-8-5-4-7-13(14)11-20(18,22)12-21-3/h4-10,18,21-22H,11-12H2,1-3H3/t18-,20+/m0/s1. The van der Waals surface area contributed by atoms with E-state index in [9.17, 15) is 5.11 Å². The molecular formula is C20H23NO4. The van der Waals surface area contributed by atoms with Crippen LogP contribution in [0.15, 0.2) is 42.5 Å². The Bertz CT molecular complexity index is 804. The Morgan fingerprint density at radius 1 is 1.16 bits per heavy atom. The zero-order valence-electron chi connectivity index (χ0n) is 14.7. The Labute approximate surface area is 147 Å². The molecule has 5 heteroatoms. The predicted molar refractivity (Wildman–Crippen MR) is 94.2 cm³/mol. The first-order valence-corrected chi connectivity index (χ1v) is 8.54. The molecule has 0 aromatic heterocycles. The van der Waals surface area contributed by atoms with Gasteiger partial charge in [-0.1, -0.05) is 30.3 Å². The molecule has 0 saturated carbocycles. The van der Waals surface area contributed by atoms with Crippen LogP contribution in [0.2, 0.25) is 0 Å². The van der Waals surface area contributed by atoms with Gasteiger partial charge in [0.2, 0.25) is 11.5 Å². The van der Waals surface area contributed by atoms with Gasteiger partial charge in [-0.25, -0.2) is 0 Å². The molecule has 0 unspecified atom stereocenters. The van der Waals surface area contributed by atoms with Gasteiger partial charge in [0, 0.05) is 26.8 Å². The fourth-order valence-corrected chi connectivity index (χ4v) is 3.73. The highest BCUT2D eigenvalue weighted by Gasteiger charge is 2.47. The van der Waals surface area contributed by atoms with Crippen LogP contribution in [-0.4, -0.2) is 30.1 Å². The lowest BCUT2D eigenvalue weighted by Crippen LogP contribution is -2.45. The Kier molecular flexibility index (Phi) is 3.67. The van der Waals surface area contributed by atoms with Crippen molar-refractivity contribution in [2.24, 2.45) is 0 Å². The highest BCUT2D eigenvalue weighted by molar-refractivity contribution is 5.54. The first kappa shape index (κ1) is 16.2. The monoisotopic (exact) mass is 341 g/mol. The smallest absolute Gasteiger partial charge is 0.246 e. The average molecular weight is 341 g/mol. The van der Waals surface area contributed by atoms with Crippen LogP contribution in [0.25, 0.3) is 0 Å². The summed E-state index contributed by atoms with van der Waals surface area (Å²) >= 11 is 0. The zero-order valence-corrected chi connectivity index (χ0v) is 14.7. The summed E-state index contributed by atoms with van der Waals surface area (Å²) in [5.41, 5.74) is 1.10. The number of benzene rings is 2. The molecule has 0 amide bonds. The highest BCUT2D eigenvalue weighted by Crippen LogP contribution is 2.49. The lowest BCUT2D eigenvalue weighted by molar-refractivity contribution is -0.0564. The molecule has 0 radical (unpaired) electrons. The van der Waals surface area contributed by atoms with E-state index in [-0.39, 0.29) is 0 Å². The van der Waals surface area contributed by atoms with Gasteiger partial charge in [0.1, 0.15) is 5.60 Å². The third-order valence-corrected chi connectivity index (χ3v) is 4.70. The van der Waals surface area contributed by atoms with Crippen molar-refractivity contribution < 1.29 is 19.3 Å². The Hall–Kier alpha value is -2.24. The minimum atomic E-state index is -1.02. The Balaban J connectivity index is 1.72. The second kappa shape index (κ2) is 5.64. The molecule has 0 spiro atoms. The summed E-state index contributed by atoms with van der Waals surface area (Å²) in [6.07, 6.45) is 0.0713. The van der Waals surface area contributed by atoms with Gasteiger partial charge in [-0.05, 0) is 30.3 Å². The van der Waals surface area contributed by atoms with Crippen molar-refractivity contribution in [3.8, 4) is 17.2 Å². The molecule has 5 nitrogen and oxygen atoms in total. The van der Waals surface area contributed by atoms with Crippen molar-refractivity contribution in [3.63, 3.8) is 0 Å². The normalized spacial score (nSPS) is 25.7. The topological polar surface area (TPSA) is 60.0 Å². The van der Waals surface area contributed by atoms with E-state index in [4.69, 9.17) is 14.2 Å². The van der Waals surface area contributed by atoms with Crippen molar-refractivity contribution in [2.75, 3.05) is 13.6 Å². The summed E-state index contributed by atoms with van der Waals surface area (Å²) in [7, 11) is 1.83. The lowest BCUT2D eigenvalue weighted by Gasteiger charge is -2.31. The van der Waals surface area contributed by atoms with Crippen molar-refractivity contribution in [1.29, 1.82) is 0 Å². The first-order valence-electron chi connectivity index (χ1n) is 8.54. The maximum atomic E-state index is 11.2. The predicted octanol–water partition coefficient (Wildman–Crippen LogP) is 2.82. The SMILES string of the molecule is CNC[C@]1(O)Cc2ccccc2[C@@H]1Oc1cccc2c1OC(C)(C)O2. The van der Waals surface area contributed by atoms with E-state index in [1.54, 1.807) is 0 Å². The first-order chi connectivity index (χ1) is 11.9. The number of nitrogens with one attached hydrogen (secondary N) is 1. The van der Waals surface area contributed by atoms with E-state index in [0.717, 1.165) is 11.1 Å². The lowest BCUT2D eigenvalue weighted by atomic mass is 9.97. The summed E-state index contributed by atoms with van der Waals surface area (Å²) in [5, 5.41) is 14.3. The van der Waals surface area contributed by atoms with Crippen molar-refractivity contribution in [1.82, 2.24) is 5.32 Å². The fraction of sp³-hybridized carbons (Fsp3) is 0.400. The summed E-state index contributed by atoms with van der Waals surface area (Å²) < 4.78 is 18.0. The summed E-state index contributed by atoms with van der Waals surface area (Å²) in [5.74, 6) is 1.10. The molecule has 1 aliphatic heterocycles. The van der Waals surface area contributed by atoms with Crippen LogP contribution in [0.3, 0.4) is 0 Å². The van der Waals surface area contributed by atoms with Crippen LogP contribution < -0.4 is 19.5 Å². The van der Waals surface area contributed by atoms with E-state index >= 15 is 0 Å². The van der Waals surface area contributed by atoms with E-state index in [0.29, 0.717) is 30.2 Å². The van der Waals surface area contributed by atoms with Crippen LogP contribution >= 0.6 is 0 Å². The number of hydrogen-bond acceptors (Lipinski definition) is 5. The third kappa shape index (κ3) is 2.73. The molecule has 4 rings (SSSR count). The summed E-state index contributed by atoms with van der Waals surface area (Å²) in [6, 6.07) is 13.6. The quantitative estimate of drug-likeness (QED) is 0.895. The van der Waals surface area contributed by atoms with Gasteiger partial charge in [-0.3, -0.25) is 0 Å². The number of hydrogen-bond donors (Lipinski definition) is 2. The maximum Gasteiger partial charge on any atom is 0.246 e. The third-order valence-electron chi connectivity index (χ3n) is 4.70. The molecule has 2 aromatic carbocycles. The second-order valence-corrected chi connectivity index (χ2v) is 7.19. The molecule has 2 aliphatic rings. The van der Waals surface area contributed by atoms with Crippen LogP contribution in [0, 0.1) is 0 Å². The van der Waals surface area contributed by atoms with Crippen LogP contribution in [0.1, 0.15) is 31.1 Å². The molecule has 132 valence electrons. The minimum absolute atomic E-state index is 0.435. The van der Waals surface area contributed by atoms with E-state index in [1.165, 1.54) is 0 Å². The number of likely N-dealkylation sites (N-methyl/N-ethyl adjacent to an activating group) is 1. The largest absolute Gasteiger partial charge is 0.479 e. The van der Waals surface area contributed by atoms with Gasteiger partial charge < -0.3 is 24.6 Å². The Morgan fingerprint density at radius 2 is 1.96 bits per heavy atom. The number of ether oxygens (including phenoxy) is 3. The maximum absolute atomic E-state index is 11.2. The summed E-state index contributed by atoms with van der Waals surface area (Å²) in [4.78, 5) is 0. The molecule has 1 aliphatic carbocycles. The van der Waals surface area contributed by atoms with E-state index in [2.05, 4.69) is 5.32 Å². The minimum Gasteiger partial charge on any atom is -0.479 e. The van der Waals surface area contributed by atoms with Crippen molar-refractivity contribution in [2.45, 2.75) is 37.8 Å². The van der Waals surface area contributed by atoms with Crippen LogP contribution in [-0.2, 0) is 6.42 Å². The van der Waals surface area contributed by atoms with Gasteiger partial charge in [0.15, 0.2) is 17.6 Å². The molecule has 2 aromatic rings. The van der Waals surface area contributed by atoms with Gasteiger partial charge in [0.05, 0.1) is 0 Å². The van der Waals surface area contributed by atoms with Crippen LogP contribution in [0.4, 0.5) is 0 Å². The molecule has 0 bridgehead atoms. The number of aliphatic hydroxyl groups is 1. The van der Waals surface area contributed by atoms with Gasteiger partial charge >= 0.3 is 0 Å². The van der Waals surface area contributed by atoms with Gasteiger partial charge in [0.25, 0.3) is 0 Å². The highest BCUT2D eigenvalue weighted by atomic mass is 16.7. The van der Waals surface area contributed by atoms with Gasteiger partial charge in [-0.2, -0.15) is 0 Å². The average Bonchev–Trinajstić information content (AvgIpc) is 3.01. The molecule has 2 atom stereocenters. The summed E-state index contributed by atoms with van der Waals surface area (Å²) in [6.45, 7) is 4.15. The molecule has 25 heavy (non-hydrogen) atoms.